The van der Waals surface area contributed by atoms with Gasteiger partial charge in [0.2, 0.25) is 10.0 Å². The number of hydrogen-bond donors (Lipinski definition) is 1. The third-order valence-electron chi connectivity index (χ3n) is 4.44. The highest BCUT2D eigenvalue weighted by molar-refractivity contribution is 7.89. The van der Waals surface area contributed by atoms with Gasteiger partial charge < -0.3 is 5.32 Å². The smallest absolute Gasteiger partial charge is 0.244 e. The summed E-state index contributed by atoms with van der Waals surface area (Å²) >= 11 is 1.57. The second kappa shape index (κ2) is 5.96. The summed E-state index contributed by atoms with van der Waals surface area (Å²) in [4.78, 5) is 4.91. The average Bonchev–Trinajstić information content (AvgIpc) is 3.04. The monoisotopic (exact) mass is 329 g/mol. The normalized spacial score (nSPS) is 24.4. The third kappa shape index (κ3) is 2.90. The minimum atomic E-state index is -3.34. The van der Waals surface area contributed by atoms with Crippen LogP contribution in [0.4, 0.5) is 0 Å². The van der Waals surface area contributed by atoms with E-state index in [9.17, 15) is 8.42 Å². The van der Waals surface area contributed by atoms with Crippen LogP contribution < -0.4 is 5.32 Å². The molecule has 0 bridgehead atoms. The molecular weight excluding hydrogens is 306 g/mol. The Balaban J connectivity index is 1.83. The number of thiophene rings is 1. The fraction of sp³-hybridized carbons (Fsp3) is 0.714. The summed E-state index contributed by atoms with van der Waals surface area (Å²) in [5, 5.41) is 3.08. The van der Waals surface area contributed by atoms with Crippen LogP contribution in [0.3, 0.4) is 0 Å². The largest absolute Gasteiger partial charge is 0.315 e. The van der Waals surface area contributed by atoms with Crippen molar-refractivity contribution in [3.05, 3.63) is 15.8 Å². The number of hydrogen-bond acceptors (Lipinski definition) is 5. The summed E-state index contributed by atoms with van der Waals surface area (Å²) in [7, 11) is -1.46. The van der Waals surface area contributed by atoms with Gasteiger partial charge in [-0.2, -0.15) is 4.31 Å². The molecule has 1 aromatic heterocycles. The van der Waals surface area contributed by atoms with Gasteiger partial charge in [-0.15, -0.1) is 11.3 Å². The van der Waals surface area contributed by atoms with Gasteiger partial charge in [0.05, 0.1) is 4.90 Å². The number of nitrogens with one attached hydrogen (secondary N) is 1. The minimum absolute atomic E-state index is 0.421. The van der Waals surface area contributed by atoms with Crippen LogP contribution in [0, 0.1) is 6.92 Å². The summed E-state index contributed by atoms with van der Waals surface area (Å²) in [5.74, 6) is 0. The molecule has 2 aliphatic heterocycles. The molecule has 0 spiro atoms. The first-order valence-corrected chi connectivity index (χ1v) is 9.76. The molecule has 5 nitrogen and oxygen atoms in total. The van der Waals surface area contributed by atoms with E-state index < -0.39 is 10.0 Å². The second-order valence-electron chi connectivity index (χ2n) is 5.86. The van der Waals surface area contributed by atoms with Crippen LogP contribution >= 0.6 is 11.3 Å². The zero-order chi connectivity index (χ0) is 15.0. The topological polar surface area (TPSA) is 52.7 Å². The van der Waals surface area contributed by atoms with E-state index >= 15 is 0 Å². The molecule has 1 unspecified atom stereocenters. The van der Waals surface area contributed by atoms with Gasteiger partial charge in [-0.25, -0.2) is 8.42 Å². The van der Waals surface area contributed by atoms with E-state index in [0.717, 1.165) is 35.8 Å². The lowest BCUT2D eigenvalue weighted by atomic mass is 10.2. The van der Waals surface area contributed by atoms with Crippen LogP contribution in [0.2, 0.25) is 0 Å². The first kappa shape index (κ1) is 15.4. The molecule has 0 aliphatic carbocycles. The number of fused-ring (bicyclic) bond motifs is 1. The molecular formula is C14H23N3O2S2. The van der Waals surface area contributed by atoms with Crippen molar-refractivity contribution in [2.24, 2.45) is 0 Å². The van der Waals surface area contributed by atoms with Gasteiger partial charge >= 0.3 is 0 Å². The summed E-state index contributed by atoms with van der Waals surface area (Å²) < 4.78 is 27.5. The first-order valence-electron chi connectivity index (χ1n) is 7.50. The van der Waals surface area contributed by atoms with E-state index in [0.29, 0.717) is 24.0 Å². The Hall–Kier alpha value is -0.470. The minimum Gasteiger partial charge on any atom is -0.315 e. The number of rotatable bonds is 4. The summed E-state index contributed by atoms with van der Waals surface area (Å²) in [5.41, 5.74) is 0. The van der Waals surface area contributed by atoms with E-state index in [1.165, 1.54) is 6.42 Å². The molecule has 7 heteroatoms. The molecule has 1 aromatic rings. The molecule has 1 N–H and O–H groups in total. The molecule has 0 amide bonds. The van der Waals surface area contributed by atoms with Gasteiger partial charge in [0.15, 0.2) is 0 Å². The number of sulfonamides is 1. The van der Waals surface area contributed by atoms with Crippen molar-refractivity contribution < 1.29 is 8.42 Å². The molecule has 1 atom stereocenters. The highest BCUT2D eigenvalue weighted by Crippen LogP contribution is 2.31. The van der Waals surface area contributed by atoms with Crippen molar-refractivity contribution in [2.45, 2.75) is 37.2 Å². The zero-order valence-corrected chi connectivity index (χ0v) is 14.3. The highest BCUT2D eigenvalue weighted by Gasteiger charge is 2.37. The van der Waals surface area contributed by atoms with E-state index in [4.69, 9.17) is 0 Å². The average molecular weight is 329 g/mol. The maximum Gasteiger partial charge on any atom is 0.244 e. The number of nitrogens with zero attached hydrogens (tertiary/aromatic N) is 2. The van der Waals surface area contributed by atoms with Gasteiger partial charge in [-0.1, -0.05) is 0 Å². The van der Waals surface area contributed by atoms with Crippen LogP contribution in [-0.4, -0.2) is 56.9 Å². The predicted molar refractivity (Wildman–Crippen MR) is 85.2 cm³/mol. The second-order valence-corrected chi connectivity index (χ2v) is 9.11. The van der Waals surface area contributed by atoms with Crippen molar-refractivity contribution >= 4 is 21.4 Å². The van der Waals surface area contributed by atoms with Crippen molar-refractivity contribution in [2.75, 3.05) is 33.2 Å². The molecule has 21 heavy (non-hydrogen) atoms. The first-order chi connectivity index (χ1) is 10.0. The van der Waals surface area contributed by atoms with Gasteiger partial charge in [0.1, 0.15) is 0 Å². The third-order valence-corrected chi connectivity index (χ3v) is 7.61. The van der Waals surface area contributed by atoms with E-state index in [-0.39, 0.29) is 0 Å². The van der Waals surface area contributed by atoms with Crippen LogP contribution in [0.15, 0.2) is 11.0 Å². The molecule has 0 aromatic carbocycles. The highest BCUT2D eigenvalue weighted by atomic mass is 32.2. The predicted octanol–water partition coefficient (Wildman–Crippen LogP) is 1.24. The zero-order valence-electron chi connectivity index (χ0n) is 12.6. The van der Waals surface area contributed by atoms with E-state index in [1.54, 1.807) is 15.6 Å². The van der Waals surface area contributed by atoms with Gasteiger partial charge in [-0.3, -0.25) is 4.90 Å². The quantitative estimate of drug-likeness (QED) is 0.903. The van der Waals surface area contributed by atoms with Crippen molar-refractivity contribution in [1.29, 1.82) is 0 Å². The van der Waals surface area contributed by atoms with Crippen LogP contribution in [-0.2, 0) is 16.6 Å². The Morgan fingerprint density at radius 3 is 2.95 bits per heavy atom. The van der Waals surface area contributed by atoms with E-state index in [1.807, 2.05) is 20.0 Å². The maximum absolute atomic E-state index is 12.9. The van der Waals surface area contributed by atoms with Crippen molar-refractivity contribution in [1.82, 2.24) is 14.5 Å². The van der Waals surface area contributed by atoms with Crippen LogP contribution in [0.1, 0.15) is 22.6 Å². The lowest BCUT2D eigenvalue weighted by Gasteiger charge is -2.36. The fourth-order valence-corrected chi connectivity index (χ4v) is 6.45. The van der Waals surface area contributed by atoms with Crippen molar-refractivity contribution in [3.8, 4) is 0 Å². The Morgan fingerprint density at radius 1 is 1.38 bits per heavy atom. The van der Waals surface area contributed by atoms with Crippen LogP contribution in [0.5, 0.6) is 0 Å². The molecule has 3 heterocycles. The van der Waals surface area contributed by atoms with E-state index in [2.05, 4.69) is 10.2 Å². The SMILES string of the molecule is CNCc1cc(S(=O)(=O)N2CCN3CCCC3C2)c(C)s1. The Morgan fingerprint density at radius 2 is 2.19 bits per heavy atom. The maximum atomic E-state index is 12.9. The fourth-order valence-electron chi connectivity index (χ4n) is 3.36. The number of piperazine rings is 1. The molecule has 2 aliphatic rings. The Kier molecular flexibility index (Phi) is 4.38. The molecule has 0 saturated carbocycles. The van der Waals surface area contributed by atoms with Crippen molar-refractivity contribution in [3.63, 3.8) is 0 Å². The van der Waals surface area contributed by atoms with Gasteiger partial charge in [0.25, 0.3) is 0 Å². The summed E-state index contributed by atoms with van der Waals surface area (Å²) in [6.45, 7) is 5.90. The van der Waals surface area contributed by atoms with Crippen LogP contribution in [0.25, 0.3) is 0 Å². The molecule has 2 fully saturated rings. The Bertz CT molecular complexity index is 612. The summed E-state index contributed by atoms with van der Waals surface area (Å²) in [6, 6.07) is 2.26. The molecule has 3 rings (SSSR count). The summed E-state index contributed by atoms with van der Waals surface area (Å²) in [6.07, 6.45) is 2.32. The number of aryl methyl sites for hydroxylation is 1. The lowest BCUT2D eigenvalue weighted by Crippen LogP contribution is -2.51. The van der Waals surface area contributed by atoms with Gasteiger partial charge in [0, 0.05) is 42.0 Å². The standard InChI is InChI=1S/C14H23N3O2S2/c1-11-14(8-13(20-11)9-15-2)21(18,19)17-7-6-16-5-3-4-12(16)10-17/h8,12,15H,3-7,9-10H2,1-2H3. The molecule has 118 valence electrons. The lowest BCUT2D eigenvalue weighted by molar-refractivity contribution is 0.158. The van der Waals surface area contributed by atoms with Gasteiger partial charge in [-0.05, 0) is 39.4 Å². The molecule has 0 radical (unpaired) electrons. The Labute approximate surface area is 131 Å². The molecule has 2 saturated heterocycles.